The highest BCUT2D eigenvalue weighted by molar-refractivity contribution is 9.10. The molecule has 1 aromatic rings. The van der Waals surface area contributed by atoms with E-state index in [1.54, 1.807) is 0 Å². The van der Waals surface area contributed by atoms with Gasteiger partial charge in [0.1, 0.15) is 5.82 Å². The van der Waals surface area contributed by atoms with Crippen molar-refractivity contribution in [3.8, 4) is 0 Å². The molecule has 0 N–H and O–H groups in total. The molecule has 0 saturated heterocycles. The van der Waals surface area contributed by atoms with Crippen molar-refractivity contribution in [2.75, 3.05) is 0 Å². The van der Waals surface area contributed by atoms with Crippen molar-refractivity contribution >= 4 is 33.8 Å². The van der Waals surface area contributed by atoms with E-state index < -0.39 is 5.82 Å². The van der Waals surface area contributed by atoms with Crippen LogP contribution in [0.4, 0.5) is 4.39 Å². The Bertz CT molecular complexity index is 277. The summed E-state index contributed by atoms with van der Waals surface area (Å²) >= 11 is 8.54. The quantitative estimate of drug-likeness (QED) is 0.686. The molecule has 0 atom stereocenters. The van der Waals surface area contributed by atoms with Crippen molar-refractivity contribution in [1.29, 1.82) is 0 Å². The Labute approximate surface area is 76.3 Å². The smallest absolute Gasteiger partial charge is 0.152 e. The molecule has 1 aromatic carbocycles. The van der Waals surface area contributed by atoms with Gasteiger partial charge in [-0.15, -0.1) is 0 Å². The molecule has 0 bridgehead atoms. The average molecular weight is 237 g/mol. The largest absolute Gasteiger partial charge is 0.298 e. The molecule has 0 unspecified atom stereocenters. The topological polar surface area (TPSA) is 17.1 Å². The van der Waals surface area contributed by atoms with E-state index in [-0.39, 0.29) is 10.6 Å². The van der Waals surface area contributed by atoms with Gasteiger partial charge in [-0.05, 0) is 28.1 Å². The second-order valence-electron chi connectivity index (χ2n) is 1.90. The summed E-state index contributed by atoms with van der Waals surface area (Å²) in [6, 6.07) is 2.28. The van der Waals surface area contributed by atoms with E-state index in [0.717, 1.165) is 6.07 Å². The number of hydrogen-bond acceptors (Lipinski definition) is 1. The van der Waals surface area contributed by atoms with E-state index in [0.29, 0.717) is 10.8 Å². The summed E-state index contributed by atoms with van der Waals surface area (Å²) in [4.78, 5) is 10.3. The van der Waals surface area contributed by atoms with Gasteiger partial charge in [-0.3, -0.25) is 4.79 Å². The van der Waals surface area contributed by atoms with E-state index in [9.17, 15) is 9.18 Å². The fourth-order valence-electron chi connectivity index (χ4n) is 0.666. The molecule has 58 valence electrons. The zero-order valence-corrected chi connectivity index (χ0v) is 7.62. The maximum atomic E-state index is 12.5. The summed E-state index contributed by atoms with van der Waals surface area (Å²) in [5, 5.41) is 0.117. The minimum Gasteiger partial charge on any atom is -0.298 e. The van der Waals surface area contributed by atoms with Crippen LogP contribution in [0.1, 0.15) is 10.4 Å². The number of benzene rings is 1. The van der Waals surface area contributed by atoms with Gasteiger partial charge in [-0.1, -0.05) is 11.6 Å². The molecular weight excluding hydrogens is 234 g/mol. The number of carbonyl (C=O) groups is 1. The van der Waals surface area contributed by atoms with Crippen LogP contribution in [-0.2, 0) is 0 Å². The number of carbonyl (C=O) groups excluding carboxylic acids is 1. The van der Waals surface area contributed by atoms with Crippen LogP contribution in [0.5, 0.6) is 0 Å². The highest BCUT2D eigenvalue weighted by atomic mass is 79.9. The van der Waals surface area contributed by atoms with Crippen molar-refractivity contribution in [3.05, 3.63) is 33.0 Å². The fraction of sp³-hybridized carbons (Fsp3) is 0. The maximum Gasteiger partial charge on any atom is 0.152 e. The Morgan fingerprint density at radius 1 is 1.55 bits per heavy atom. The molecule has 0 fully saturated rings. The lowest BCUT2D eigenvalue weighted by atomic mass is 10.2. The number of aldehydes is 1. The van der Waals surface area contributed by atoms with Gasteiger partial charge in [0.2, 0.25) is 0 Å². The van der Waals surface area contributed by atoms with Gasteiger partial charge >= 0.3 is 0 Å². The van der Waals surface area contributed by atoms with Crippen LogP contribution in [0.25, 0.3) is 0 Å². The number of halogens is 3. The first-order valence-electron chi connectivity index (χ1n) is 2.75. The molecule has 1 rings (SSSR count). The lowest BCUT2D eigenvalue weighted by Gasteiger charge is -1.98. The van der Waals surface area contributed by atoms with Gasteiger partial charge in [0.05, 0.1) is 5.02 Å². The Balaban J connectivity index is 3.36. The third kappa shape index (κ3) is 1.79. The fourth-order valence-corrected chi connectivity index (χ4v) is 1.56. The van der Waals surface area contributed by atoms with Crippen LogP contribution in [0.15, 0.2) is 16.6 Å². The van der Waals surface area contributed by atoms with Gasteiger partial charge in [0.15, 0.2) is 6.29 Å². The molecule has 0 saturated carbocycles. The van der Waals surface area contributed by atoms with E-state index in [4.69, 9.17) is 11.6 Å². The standard InChI is InChI=1S/C7H3BrClFO/c8-6-1-4(10)2-7(9)5(6)3-11/h1-3H. The maximum absolute atomic E-state index is 12.5. The third-order valence-corrected chi connectivity index (χ3v) is 2.13. The highest BCUT2D eigenvalue weighted by Crippen LogP contribution is 2.24. The summed E-state index contributed by atoms with van der Waals surface area (Å²) in [5.41, 5.74) is 0.271. The molecule has 0 aromatic heterocycles. The predicted molar refractivity (Wildman–Crippen MR) is 44.5 cm³/mol. The minimum atomic E-state index is -0.465. The zero-order valence-electron chi connectivity index (χ0n) is 5.27. The Morgan fingerprint density at radius 2 is 2.18 bits per heavy atom. The van der Waals surface area contributed by atoms with Crippen LogP contribution in [0.2, 0.25) is 5.02 Å². The summed E-state index contributed by atoms with van der Waals surface area (Å²) in [6.07, 6.45) is 0.575. The van der Waals surface area contributed by atoms with Gasteiger partial charge in [-0.2, -0.15) is 0 Å². The molecule has 0 radical (unpaired) electrons. The minimum absolute atomic E-state index is 0.117. The first-order valence-corrected chi connectivity index (χ1v) is 3.92. The Kier molecular flexibility index (Phi) is 2.62. The molecule has 0 aliphatic heterocycles. The highest BCUT2D eigenvalue weighted by Gasteiger charge is 2.05. The lowest BCUT2D eigenvalue weighted by molar-refractivity contribution is 0.112. The van der Waals surface area contributed by atoms with Crippen LogP contribution in [-0.4, -0.2) is 6.29 Å². The van der Waals surface area contributed by atoms with Crippen molar-refractivity contribution < 1.29 is 9.18 Å². The van der Waals surface area contributed by atoms with Gasteiger partial charge in [0, 0.05) is 10.0 Å². The van der Waals surface area contributed by atoms with Gasteiger partial charge in [0.25, 0.3) is 0 Å². The van der Waals surface area contributed by atoms with Crippen molar-refractivity contribution in [3.63, 3.8) is 0 Å². The van der Waals surface area contributed by atoms with Crippen molar-refractivity contribution in [1.82, 2.24) is 0 Å². The average Bonchev–Trinajstić information content (AvgIpc) is 1.85. The van der Waals surface area contributed by atoms with Crippen LogP contribution >= 0.6 is 27.5 Å². The summed E-state index contributed by atoms with van der Waals surface area (Å²) in [5.74, 6) is -0.465. The Morgan fingerprint density at radius 3 is 2.64 bits per heavy atom. The molecular formula is C7H3BrClFO. The molecule has 1 nitrogen and oxygen atoms in total. The molecule has 0 heterocycles. The van der Waals surface area contributed by atoms with Gasteiger partial charge in [-0.25, -0.2) is 4.39 Å². The first-order chi connectivity index (χ1) is 5.15. The number of hydrogen-bond donors (Lipinski definition) is 0. The second-order valence-corrected chi connectivity index (χ2v) is 3.16. The number of rotatable bonds is 1. The molecule has 4 heteroatoms. The van der Waals surface area contributed by atoms with E-state index in [1.807, 2.05) is 0 Å². The molecule has 0 aliphatic rings. The van der Waals surface area contributed by atoms with Crippen molar-refractivity contribution in [2.45, 2.75) is 0 Å². The normalized spacial score (nSPS) is 9.73. The summed E-state index contributed by atoms with van der Waals surface area (Å²) in [7, 11) is 0. The van der Waals surface area contributed by atoms with Crippen LogP contribution < -0.4 is 0 Å². The third-order valence-electron chi connectivity index (χ3n) is 1.16. The summed E-state index contributed by atoms with van der Waals surface area (Å²) < 4.78 is 12.9. The zero-order chi connectivity index (χ0) is 8.43. The molecule has 0 amide bonds. The van der Waals surface area contributed by atoms with E-state index >= 15 is 0 Å². The van der Waals surface area contributed by atoms with E-state index in [2.05, 4.69) is 15.9 Å². The monoisotopic (exact) mass is 236 g/mol. The van der Waals surface area contributed by atoms with Crippen molar-refractivity contribution in [2.24, 2.45) is 0 Å². The predicted octanol–water partition coefficient (Wildman–Crippen LogP) is 3.05. The van der Waals surface area contributed by atoms with Crippen LogP contribution in [0, 0.1) is 5.82 Å². The SMILES string of the molecule is O=Cc1c(Cl)cc(F)cc1Br. The van der Waals surface area contributed by atoms with Gasteiger partial charge < -0.3 is 0 Å². The van der Waals surface area contributed by atoms with Crippen LogP contribution in [0.3, 0.4) is 0 Å². The van der Waals surface area contributed by atoms with E-state index in [1.165, 1.54) is 6.07 Å². The second kappa shape index (κ2) is 3.32. The molecule has 11 heavy (non-hydrogen) atoms. The summed E-state index contributed by atoms with van der Waals surface area (Å²) in [6.45, 7) is 0. The molecule has 0 spiro atoms. The molecule has 0 aliphatic carbocycles. The Hall–Kier alpha value is -0.410. The first kappa shape index (κ1) is 8.68. The lowest BCUT2D eigenvalue weighted by Crippen LogP contribution is -1.86.